The highest BCUT2D eigenvalue weighted by Crippen LogP contribution is 2.19. The van der Waals surface area contributed by atoms with Crippen LogP contribution in [0.3, 0.4) is 0 Å². The molecule has 0 aromatic carbocycles. The summed E-state index contributed by atoms with van der Waals surface area (Å²) >= 11 is 0. The molecule has 0 N–H and O–H groups in total. The third-order valence-corrected chi connectivity index (χ3v) is 4.84. The normalized spacial score (nSPS) is 16.7. The molecule has 0 amide bonds. The number of morpholine rings is 1. The average Bonchev–Trinajstić information content (AvgIpc) is 2.53. The second-order valence-electron chi connectivity index (χ2n) is 6.71. The average molecular weight is 298 g/mol. The van der Waals surface area contributed by atoms with E-state index in [4.69, 9.17) is 4.74 Å². The van der Waals surface area contributed by atoms with Gasteiger partial charge in [-0.2, -0.15) is 0 Å². The van der Waals surface area contributed by atoms with E-state index < -0.39 is 0 Å². The molecule has 0 saturated carbocycles. The fourth-order valence-corrected chi connectivity index (χ4v) is 3.42. The predicted molar refractivity (Wildman–Crippen MR) is 92.9 cm³/mol. The zero-order valence-electron chi connectivity index (χ0n) is 14.7. The van der Waals surface area contributed by atoms with E-state index in [-0.39, 0.29) is 0 Å². The Hall–Kier alpha value is -0.0800. The van der Waals surface area contributed by atoms with E-state index >= 15 is 0 Å². The van der Waals surface area contributed by atoms with Crippen LogP contribution in [0.1, 0.15) is 90.9 Å². The smallest absolute Gasteiger partial charge is 0.0594 e. The summed E-state index contributed by atoms with van der Waals surface area (Å²) in [6.07, 6.45) is 17.0. The number of unbranched alkanes of at least 4 members (excludes halogenated alkanes) is 8. The molecule has 0 atom stereocenters. The van der Waals surface area contributed by atoms with Gasteiger partial charge in [0.25, 0.3) is 0 Å². The number of ether oxygens (including phenoxy) is 1. The highest BCUT2D eigenvalue weighted by atomic mass is 16.5. The van der Waals surface area contributed by atoms with Gasteiger partial charge in [0.2, 0.25) is 0 Å². The van der Waals surface area contributed by atoms with Gasteiger partial charge in [-0.3, -0.25) is 4.90 Å². The van der Waals surface area contributed by atoms with Crippen molar-refractivity contribution >= 4 is 0 Å². The Bertz CT molecular complexity index is 200. The molecule has 0 unspecified atom stereocenters. The number of hydrogen-bond donors (Lipinski definition) is 0. The molecular formula is C19H39NO. The van der Waals surface area contributed by atoms with E-state index in [1.165, 1.54) is 77.0 Å². The molecule has 0 spiro atoms. The molecule has 126 valence electrons. The number of nitrogens with zero attached hydrogens (tertiary/aromatic N) is 1. The SMILES string of the molecule is CCCCCCCC(CCCCCCC)N1CCOCC1. The summed E-state index contributed by atoms with van der Waals surface area (Å²) in [6, 6.07) is 0.831. The summed E-state index contributed by atoms with van der Waals surface area (Å²) < 4.78 is 5.52. The molecule has 0 bridgehead atoms. The summed E-state index contributed by atoms with van der Waals surface area (Å²) in [7, 11) is 0. The zero-order valence-corrected chi connectivity index (χ0v) is 14.7. The van der Waals surface area contributed by atoms with E-state index in [9.17, 15) is 0 Å². The molecule has 1 saturated heterocycles. The molecule has 0 aromatic heterocycles. The highest BCUT2D eigenvalue weighted by Gasteiger charge is 2.20. The minimum Gasteiger partial charge on any atom is -0.379 e. The van der Waals surface area contributed by atoms with Crippen LogP contribution in [0.5, 0.6) is 0 Å². The Kier molecular flexibility index (Phi) is 12.3. The van der Waals surface area contributed by atoms with Gasteiger partial charge in [-0.1, -0.05) is 78.1 Å². The minimum atomic E-state index is 0.831. The molecule has 0 aliphatic carbocycles. The van der Waals surface area contributed by atoms with Gasteiger partial charge in [-0.25, -0.2) is 0 Å². The molecule has 0 aromatic rings. The first kappa shape index (κ1) is 19.0. The van der Waals surface area contributed by atoms with Gasteiger partial charge in [-0.15, -0.1) is 0 Å². The molecule has 1 aliphatic heterocycles. The van der Waals surface area contributed by atoms with Gasteiger partial charge in [0.15, 0.2) is 0 Å². The maximum absolute atomic E-state index is 5.52. The lowest BCUT2D eigenvalue weighted by atomic mass is 9.99. The van der Waals surface area contributed by atoms with Gasteiger partial charge in [-0.05, 0) is 12.8 Å². The molecular weight excluding hydrogens is 258 g/mol. The molecule has 2 heteroatoms. The molecule has 1 rings (SSSR count). The van der Waals surface area contributed by atoms with Crippen LogP contribution in [0.15, 0.2) is 0 Å². The van der Waals surface area contributed by atoms with Gasteiger partial charge in [0, 0.05) is 19.1 Å². The maximum Gasteiger partial charge on any atom is 0.0594 e. The van der Waals surface area contributed by atoms with Crippen molar-refractivity contribution in [2.45, 2.75) is 96.9 Å². The van der Waals surface area contributed by atoms with Crippen molar-refractivity contribution in [1.29, 1.82) is 0 Å². The predicted octanol–water partition coefficient (Wildman–Crippen LogP) is 5.41. The van der Waals surface area contributed by atoms with Gasteiger partial charge >= 0.3 is 0 Å². The van der Waals surface area contributed by atoms with Gasteiger partial charge in [0.05, 0.1) is 13.2 Å². The number of hydrogen-bond acceptors (Lipinski definition) is 2. The molecule has 1 heterocycles. The minimum absolute atomic E-state index is 0.831. The lowest BCUT2D eigenvalue weighted by molar-refractivity contribution is 0.0118. The Morgan fingerprint density at radius 2 is 1.19 bits per heavy atom. The van der Waals surface area contributed by atoms with Crippen LogP contribution in [0.4, 0.5) is 0 Å². The van der Waals surface area contributed by atoms with E-state index in [2.05, 4.69) is 18.7 Å². The molecule has 1 fully saturated rings. The summed E-state index contributed by atoms with van der Waals surface area (Å²) in [5.74, 6) is 0. The monoisotopic (exact) mass is 297 g/mol. The Labute approximate surface area is 133 Å². The standard InChI is InChI=1S/C19H39NO/c1-3-5-7-9-11-13-19(14-12-10-8-6-4-2)20-15-17-21-18-16-20/h19H,3-18H2,1-2H3. The van der Waals surface area contributed by atoms with Crippen molar-refractivity contribution in [3.05, 3.63) is 0 Å². The fourth-order valence-electron chi connectivity index (χ4n) is 3.42. The number of rotatable bonds is 13. The Morgan fingerprint density at radius 3 is 1.67 bits per heavy atom. The first-order valence-corrected chi connectivity index (χ1v) is 9.70. The van der Waals surface area contributed by atoms with Crippen LogP contribution >= 0.6 is 0 Å². The third kappa shape index (κ3) is 9.52. The second kappa shape index (κ2) is 13.6. The van der Waals surface area contributed by atoms with E-state index in [1.807, 2.05) is 0 Å². The molecule has 0 radical (unpaired) electrons. The van der Waals surface area contributed by atoms with E-state index in [0.29, 0.717) is 0 Å². The lowest BCUT2D eigenvalue weighted by Gasteiger charge is -2.34. The van der Waals surface area contributed by atoms with Crippen LogP contribution in [0.2, 0.25) is 0 Å². The highest BCUT2D eigenvalue weighted by molar-refractivity contribution is 4.74. The first-order chi connectivity index (χ1) is 10.4. The van der Waals surface area contributed by atoms with Gasteiger partial charge in [0.1, 0.15) is 0 Å². The maximum atomic E-state index is 5.52. The van der Waals surface area contributed by atoms with Crippen molar-refractivity contribution < 1.29 is 4.74 Å². The van der Waals surface area contributed by atoms with Crippen LogP contribution < -0.4 is 0 Å². The third-order valence-electron chi connectivity index (χ3n) is 4.84. The van der Waals surface area contributed by atoms with E-state index in [1.54, 1.807) is 0 Å². The van der Waals surface area contributed by atoms with Crippen LogP contribution in [-0.2, 0) is 4.74 Å². The fraction of sp³-hybridized carbons (Fsp3) is 1.00. The van der Waals surface area contributed by atoms with Crippen molar-refractivity contribution in [3.63, 3.8) is 0 Å². The van der Waals surface area contributed by atoms with Crippen molar-refractivity contribution in [1.82, 2.24) is 4.90 Å². The topological polar surface area (TPSA) is 12.5 Å². The Balaban J connectivity index is 2.20. The Morgan fingerprint density at radius 1 is 0.714 bits per heavy atom. The zero-order chi connectivity index (χ0) is 15.2. The molecule has 21 heavy (non-hydrogen) atoms. The van der Waals surface area contributed by atoms with Crippen LogP contribution in [0, 0.1) is 0 Å². The second-order valence-corrected chi connectivity index (χ2v) is 6.71. The summed E-state index contributed by atoms with van der Waals surface area (Å²) in [5.41, 5.74) is 0. The van der Waals surface area contributed by atoms with Crippen molar-refractivity contribution in [2.75, 3.05) is 26.3 Å². The van der Waals surface area contributed by atoms with Crippen molar-refractivity contribution in [3.8, 4) is 0 Å². The largest absolute Gasteiger partial charge is 0.379 e. The quantitative estimate of drug-likeness (QED) is 0.422. The van der Waals surface area contributed by atoms with Gasteiger partial charge < -0.3 is 4.74 Å². The first-order valence-electron chi connectivity index (χ1n) is 9.70. The molecule has 2 nitrogen and oxygen atoms in total. The molecule has 1 aliphatic rings. The van der Waals surface area contributed by atoms with Crippen LogP contribution in [0.25, 0.3) is 0 Å². The lowest BCUT2D eigenvalue weighted by Crippen LogP contribution is -2.43. The van der Waals surface area contributed by atoms with Crippen LogP contribution in [-0.4, -0.2) is 37.2 Å². The van der Waals surface area contributed by atoms with E-state index in [0.717, 1.165) is 32.3 Å². The summed E-state index contributed by atoms with van der Waals surface area (Å²) in [5, 5.41) is 0. The summed E-state index contributed by atoms with van der Waals surface area (Å²) in [6.45, 7) is 8.81. The van der Waals surface area contributed by atoms with Crippen molar-refractivity contribution in [2.24, 2.45) is 0 Å². The summed E-state index contributed by atoms with van der Waals surface area (Å²) in [4.78, 5) is 2.71.